The van der Waals surface area contributed by atoms with Gasteiger partial charge in [0.05, 0.1) is 12.8 Å². The Labute approximate surface area is 231 Å². The number of hydrogen-bond acceptors (Lipinski definition) is 4. The highest BCUT2D eigenvalue weighted by Gasteiger charge is 2.66. The third-order valence-electron chi connectivity index (χ3n) is 13.6. The number of carboxylic acids is 1. The van der Waals surface area contributed by atoms with Crippen molar-refractivity contribution in [1.29, 1.82) is 0 Å². The molecule has 5 aliphatic rings. The van der Waals surface area contributed by atoms with Crippen LogP contribution in [0.2, 0.25) is 0 Å². The number of carbonyl (C=O) groups is 2. The van der Waals surface area contributed by atoms with Crippen molar-refractivity contribution in [2.45, 2.75) is 131 Å². The van der Waals surface area contributed by atoms with E-state index in [1.807, 2.05) is 13.8 Å². The van der Waals surface area contributed by atoms with E-state index in [2.05, 4.69) is 27.7 Å². The van der Waals surface area contributed by atoms with Crippen molar-refractivity contribution in [2.75, 3.05) is 6.54 Å². The lowest BCUT2D eigenvalue weighted by molar-refractivity contribution is -0.221. The van der Waals surface area contributed by atoms with E-state index in [9.17, 15) is 14.7 Å². The third-order valence-corrected chi connectivity index (χ3v) is 13.6. The van der Waals surface area contributed by atoms with Crippen LogP contribution in [-0.2, 0) is 14.3 Å². The molecule has 0 bridgehead atoms. The molecule has 5 aliphatic carbocycles. The Balaban J connectivity index is 1.32. The van der Waals surface area contributed by atoms with Gasteiger partial charge in [0.25, 0.3) is 0 Å². The molecule has 38 heavy (non-hydrogen) atoms. The quantitative estimate of drug-likeness (QED) is 0.355. The number of fused-ring (bicyclic) bond motifs is 7. The van der Waals surface area contributed by atoms with Gasteiger partial charge in [0, 0.05) is 5.41 Å². The molecule has 5 unspecified atom stereocenters. The maximum absolute atomic E-state index is 13.0. The summed E-state index contributed by atoms with van der Waals surface area (Å²) >= 11 is 0. The molecule has 216 valence electrons. The van der Waals surface area contributed by atoms with E-state index in [4.69, 9.17) is 10.5 Å². The van der Waals surface area contributed by atoms with Gasteiger partial charge in [0.1, 0.15) is 6.10 Å². The Morgan fingerprint density at radius 1 is 0.842 bits per heavy atom. The number of aliphatic carboxylic acids is 1. The Morgan fingerprint density at radius 2 is 1.55 bits per heavy atom. The molecule has 5 heteroatoms. The zero-order chi connectivity index (χ0) is 27.7. The molecule has 5 saturated carbocycles. The largest absolute Gasteiger partial charge is 0.481 e. The number of ether oxygens (including phenoxy) is 1. The summed E-state index contributed by atoms with van der Waals surface area (Å²) in [5.41, 5.74) is 6.91. The lowest BCUT2D eigenvalue weighted by Crippen LogP contribution is -2.63. The summed E-state index contributed by atoms with van der Waals surface area (Å²) in [6, 6.07) is 0. The van der Waals surface area contributed by atoms with E-state index in [-0.39, 0.29) is 35.7 Å². The summed E-state index contributed by atoms with van der Waals surface area (Å²) in [5.74, 6) is 2.75. The molecule has 5 nitrogen and oxygen atoms in total. The average Bonchev–Trinajstić information content (AvgIpc) is 3.24. The van der Waals surface area contributed by atoms with Crippen LogP contribution in [-0.4, -0.2) is 29.7 Å². The van der Waals surface area contributed by atoms with Gasteiger partial charge in [-0.25, -0.2) is 0 Å². The maximum atomic E-state index is 13.0. The van der Waals surface area contributed by atoms with E-state index in [1.165, 1.54) is 57.8 Å². The highest BCUT2D eigenvalue weighted by atomic mass is 16.5. The summed E-state index contributed by atoms with van der Waals surface area (Å²) in [6.07, 6.45) is 14.2. The molecule has 0 spiro atoms. The molecule has 5 fully saturated rings. The van der Waals surface area contributed by atoms with Gasteiger partial charge in [-0.1, -0.05) is 48.0 Å². The predicted octanol–water partition coefficient (Wildman–Crippen LogP) is 7.21. The second kappa shape index (κ2) is 9.48. The minimum absolute atomic E-state index is 0.0213. The van der Waals surface area contributed by atoms with Crippen molar-refractivity contribution in [1.82, 2.24) is 0 Å². The Bertz CT molecular complexity index is 943. The van der Waals surface area contributed by atoms with Crippen molar-refractivity contribution >= 4 is 11.9 Å². The summed E-state index contributed by atoms with van der Waals surface area (Å²) in [4.78, 5) is 24.2. The van der Waals surface area contributed by atoms with Crippen LogP contribution in [0.25, 0.3) is 0 Å². The molecule has 3 N–H and O–H groups in total. The molecule has 0 amide bonds. The molecule has 0 heterocycles. The van der Waals surface area contributed by atoms with Crippen molar-refractivity contribution in [2.24, 2.45) is 62.4 Å². The van der Waals surface area contributed by atoms with E-state index in [0.717, 1.165) is 43.1 Å². The van der Waals surface area contributed by atoms with Gasteiger partial charge in [-0.2, -0.15) is 0 Å². The summed E-state index contributed by atoms with van der Waals surface area (Å²) in [6.45, 7) is 14.5. The molecular weight excluding hydrogens is 474 g/mol. The number of carboxylic acid groups (broad SMARTS) is 1. The molecule has 5 rings (SSSR count). The van der Waals surface area contributed by atoms with Gasteiger partial charge in [-0.15, -0.1) is 0 Å². The van der Waals surface area contributed by atoms with Crippen molar-refractivity contribution < 1.29 is 19.4 Å². The fourth-order valence-corrected chi connectivity index (χ4v) is 12.0. The van der Waals surface area contributed by atoms with Gasteiger partial charge >= 0.3 is 11.9 Å². The molecule has 0 radical (unpaired) electrons. The van der Waals surface area contributed by atoms with Crippen molar-refractivity contribution in [3.05, 3.63) is 0 Å². The monoisotopic (exact) mass is 529 g/mol. The van der Waals surface area contributed by atoms with Gasteiger partial charge in [0.2, 0.25) is 0 Å². The average molecular weight is 530 g/mol. The first-order valence-electron chi connectivity index (χ1n) is 15.8. The van der Waals surface area contributed by atoms with Gasteiger partial charge < -0.3 is 15.6 Å². The highest BCUT2D eigenvalue weighted by molar-refractivity contribution is 5.73. The summed E-state index contributed by atoms with van der Waals surface area (Å²) in [5, 5.41) is 9.22. The van der Waals surface area contributed by atoms with Crippen LogP contribution in [0.1, 0.15) is 125 Å². The van der Waals surface area contributed by atoms with Gasteiger partial charge in [-0.05, 0) is 122 Å². The molecule has 0 aromatic rings. The Morgan fingerprint density at radius 3 is 2.24 bits per heavy atom. The summed E-state index contributed by atoms with van der Waals surface area (Å²) in [7, 11) is 0. The van der Waals surface area contributed by atoms with E-state index in [1.54, 1.807) is 0 Å². The van der Waals surface area contributed by atoms with Crippen molar-refractivity contribution in [3.8, 4) is 0 Å². The van der Waals surface area contributed by atoms with Crippen LogP contribution in [0.5, 0.6) is 0 Å². The SMILES string of the molecule is CC(C)(CC(=O)O)CC(=O)O[C@H]1CC[C@@]2(C)C(CC[C@@]3(C)C4CCC5(CN)CCCC5[C@H]4CCC32)C1(C)C. The van der Waals surface area contributed by atoms with Gasteiger partial charge in [-0.3, -0.25) is 9.59 Å². The smallest absolute Gasteiger partial charge is 0.306 e. The zero-order valence-electron chi connectivity index (χ0n) is 25.1. The number of esters is 1. The second-order valence-corrected chi connectivity index (χ2v) is 16.4. The first kappa shape index (κ1) is 28.4. The lowest BCUT2D eigenvalue weighted by Gasteiger charge is -2.69. The second-order valence-electron chi connectivity index (χ2n) is 16.4. The van der Waals surface area contributed by atoms with E-state index < -0.39 is 11.4 Å². The third kappa shape index (κ3) is 4.36. The van der Waals surface area contributed by atoms with Crippen LogP contribution in [0.15, 0.2) is 0 Å². The molecule has 0 saturated heterocycles. The summed E-state index contributed by atoms with van der Waals surface area (Å²) < 4.78 is 6.19. The van der Waals surface area contributed by atoms with Crippen LogP contribution in [0.4, 0.5) is 0 Å². The number of carbonyl (C=O) groups excluding carboxylic acids is 1. The Kier molecular flexibility index (Phi) is 7.10. The zero-order valence-corrected chi connectivity index (χ0v) is 25.1. The molecule has 9 atom stereocenters. The molecule has 0 aliphatic heterocycles. The molecule has 0 aromatic carbocycles. The number of hydrogen-bond donors (Lipinski definition) is 2. The number of nitrogens with two attached hydrogens (primary N) is 1. The van der Waals surface area contributed by atoms with Crippen LogP contribution >= 0.6 is 0 Å². The molecule has 0 aromatic heterocycles. The van der Waals surface area contributed by atoms with Crippen LogP contribution < -0.4 is 5.73 Å². The fraction of sp³-hybridized carbons (Fsp3) is 0.939. The maximum Gasteiger partial charge on any atom is 0.306 e. The standard InChI is InChI=1S/C33H55NO4/c1-29(2,18-27(35)36)19-28(37)38-26-13-16-32(6)24(30(26,3)4)12-15-31(5)22-11-17-33(20-34)14-7-8-23(33)21(22)9-10-25(31)32/h21-26H,7-20,34H2,1-6H3,(H,35,36)/t21-,22?,23?,24?,25?,26-,31-,32-,33?/m0/s1. The highest BCUT2D eigenvalue weighted by Crippen LogP contribution is 2.73. The van der Waals surface area contributed by atoms with E-state index in [0.29, 0.717) is 16.7 Å². The lowest BCUT2D eigenvalue weighted by atomic mass is 9.36. The molecular formula is C33H55NO4. The first-order valence-corrected chi connectivity index (χ1v) is 15.8. The topological polar surface area (TPSA) is 89.6 Å². The van der Waals surface area contributed by atoms with E-state index >= 15 is 0 Å². The van der Waals surface area contributed by atoms with Crippen LogP contribution in [0, 0.1) is 56.7 Å². The minimum atomic E-state index is -0.865. The fourth-order valence-electron chi connectivity index (χ4n) is 12.0. The normalized spacial score (nSPS) is 45.8. The number of rotatable bonds is 6. The van der Waals surface area contributed by atoms with Crippen molar-refractivity contribution in [3.63, 3.8) is 0 Å². The predicted molar refractivity (Wildman–Crippen MR) is 150 cm³/mol. The van der Waals surface area contributed by atoms with Crippen LogP contribution in [0.3, 0.4) is 0 Å². The first-order chi connectivity index (χ1) is 17.7. The Hall–Kier alpha value is -1.10. The minimum Gasteiger partial charge on any atom is -0.481 e. The van der Waals surface area contributed by atoms with Gasteiger partial charge in [0.15, 0.2) is 0 Å².